The van der Waals surface area contributed by atoms with Crippen molar-refractivity contribution in [3.63, 3.8) is 0 Å². The van der Waals surface area contributed by atoms with Crippen LogP contribution in [-0.4, -0.2) is 29.9 Å². The Labute approximate surface area is 118 Å². The molecule has 0 aromatic heterocycles. The summed E-state index contributed by atoms with van der Waals surface area (Å²) in [5.41, 5.74) is 5.87. The van der Waals surface area contributed by atoms with Gasteiger partial charge in [0.05, 0.1) is 10.9 Å². The standard InChI is InChI=1S/C13H15BrF2N2O/c14-10-6-11(15)8(4-12(10)16)5-13(19)18-3-1-2-9(17)7-18/h4,6,9H,1-3,5,7,17H2/t9-/m0/s1. The van der Waals surface area contributed by atoms with Crippen LogP contribution in [0.25, 0.3) is 0 Å². The molecule has 2 N–H and O–H groups in total. The Hall–Kier alpha value is -1.01. The molecule has 1 aliphatic rings. The lowest BCUT2D eigenvalue weighted by atomic mass is 10.0. The van der Waals surface area contributed by atoms with Gasteiger partial charge in [0.2, 0.25) is 5.91 Å². The minimum absolute atomic E-state index is 0.0239. The first-order valence-electron chi connectivity index (χ1n) is 6.14. The Morgan fingerprint density at radius 1 is 1.42 bits per heavy atom. The molecule has 0 radical (unpaired) electrons. The highest BCUT2D eigenvalue weighted by Gasteiger charge is 2.22. The topological polar surface area (TPSA) is 46.3 Å². The number of rotatable bonds is 2. The fraction of sp³-hybridized carbons (Fsp3) is 0.462. The van der Waals surface area contributed by atoms with Crippen LogP contribution >= 0.6 is 15.9 Å². The van der Waals surface area contributed by atoms with Crippen LogP contribution < -0.4 is 5.73 Å². The molecule has 0 aliphatic carbocycles. The first kappa shape index (κ1) is 14.4. The van der Waals surface area contributed by atoms with Gasteiger partial charge >= 0.3 is 0 Å². The lowest BCUT2D eigenvalue weighted by Crippen LogP contribution is -2.46. The number of carbonyl (C=O) groups is 1. The fourth-order valence-electron chi connectivity index (χ4n) is 2.21. The van der Waals surface area contributed by atoms with E-state index in [0.29, 0.717) is 13.1 Å². The van der Waals surface area contributed by atoms with Crippen molar-refractivity contribution in [3.05, 3.63) is 33.8 Å². The molecule has 0 bridgehead atoms. The molecular weight excluding hydrogens is 318 g/mol. The summed E-state index contributed by atoms with van der Waals surface area (Å²) in [6, 6.07) is 2.07. The number of nitrogens with zero attached hydrogens (tertiary/aromatic N) is 1. The molecule has 0 unspecified atom stereocenters. The molecule has 1 heterocycles. The van der Waals surface area contributed by atoms with Crippen LogP contribution in [-0.2, 0) is 11.2 Å². The number of halogens is 3. The molecule has 0 spiro atoms. The fourth-order valence-corrected chi connectivity index (χ4v) is 2.53. The average Bonchev–Trinajstić information content (AvgIpc) is 2.36. The average molecular weight is 333 g/mol. The third kappa shape index (κ3) is 3.51. The summed E-state index contributed by atoms with van der Waals surface area (Å²) in [5.74, 6) is -1.36. The maximum atomic E-state index is 13.6. The van der Waals surface area contributed by atoms with E-state index in [1.165, 1.54) is 0 Å². The Bertz CT molecular complexity index is 496. The predicted octanol–water partition coefficient (Wildman–Crippen LogP) is 2.22. The summed E-state index contributed by atoms with van der Waals surface area (Å²) < 4.78 is 27.1. The summed E-state index contributed by atoms with van der Waals surface area (Å²) in [4.78, 5) is 13.6. The van der Waals surface area contributed by atoms with Crippen LogP contribution in [0.3, 0.4) is 0 Å². The van der Waals surface area contributed by atoms with Crippen molar-refractivity contribution in [3.8, 4) is 0 Å². The molecule has 1 fully saturated rings. The highest BCUT2D eigenvalue weighted by Crippen LogP contribution is 2.21. The monoisotopic (exact) mass is 332 g/mol. The van der Waals surface area contributed by atoms with Crippen molar-refractivity contribution in [1.82, 2.24) is 4.90 Å². The molecule has 0 saturated carbocycles. The van der Waals surface area contributed by atoms with E-state index in [-0.39, 0.29) is 28.4 Å². The zero-order valence-electron chi connectivity index (χ0n) is 10.3. The van der Waals surface area contributed by atoms with Gasteiger partial charge in [0.15, 0.2) is 0 Å². The third-order valence-corrected chi connectivity index (χ3v) is 3.85. The number of hydrogen-bond acceptors (Lipinski definition) is 2. The van der Waals surface area contributed by atoms with Crippen molar-refractivity contribution < 1.29 is 13.6 Å². The molecule has 1 aliphatic heterocycles. The minimum atomic E-state index is -0.581. The van der Waals surface area contributed by atoms with Crippen LogP contribution in [0, 0.1) is 11.6 Å². The number of nitrogens with two attached hydrogens (primary N) is 1. The van der Waals surface area contributed by atoms with Gasteiger partial charge in [-0.3, -0.25) is 4.79 Å². The molecule has 1 aromatic carbocycles. The lowest BCUT2D eigenvalue weighted by molar-refractivity contribution is -0.131. The van der Waals surface area contributed by atoms with Gasteiger partial charge in [0, 0.05) is 24.7 Å². The summed E-state index contributed by atoms with van der Waals surface area (Å²) in [6.07, 6.45) is 1.61. The van der Waals surface area contributed by atoms with Gasteiger partial charge in [-0.2, -0.15) is 0 Å². The van der Waals surface area contributed by atoms with E-state index in [4.69, 9.17) is 5.73 Å². The molecule has 6 heteroatoms. The molecule has 1 saturated heterocycles. The zero-order valence-corrected chi connectivity index (χ0v) is 11.9. The van der Waals surface area contributed by atoms with Crippen LogP contribution in [0.5, 0.6) is 0 Å². The van der Waals surface area contributed by atoms with E-state index in [2.05, 4.69) is 15.9 Å². The van der Waals surface area contributed by atoms with Crippen LogP contribution in [0.1, 0.15) is 18.4 Å². The summed E-state index contributed by atoms with van der Waals surface area (Å²) in [6.45, 7) is 1.12. The van der Waals surface area contributed by atoms with Crippen LogP contribution in [0.15, 0.2) is 16.6 Å². The number of amides is 1. The Morgan fingerprint density at radius 3 is 2.84 bits per heavy atom. The van der Waals surface area contributed by atoms with E-state index in [0.717, 1.165) is 25.0 Å². The highest BCUT2D eigenvalue weighted by molar-refractivity contribution is 9.10. The van der Waals surface area contributed by atoms with Gasteiger partial charge in [0.1, 0.15) is 11.6 Å². The Balaban J connectivity index is 2.08. The summed E-state index contributed by atoms with van der Waals surface area (Å²) in [5, 5.41) is 0. The quantitative estimate of drug-likeness (QED) is 0.844. The SMILES string of the molecule is N[C@H]1CCCN(C(=O)Cc2cc(F)c(Br)cc2F)C1. The molecular formula is C13H15BrF2N2O. The molecule has 1 amide bonds. The first-order valence-corrected chi connectivity index (χ1v) is 6.93. The number of carbonyl (C=O) groups excluding carboxylic acids is 1. The van der Waals surface area contributed by atoms with E-state index < -0.39 is 11.6 Å². The second kappa shape index (κ2) is 5.96. The number of piperidine rings is 1. The van der Waals surface area contributed by atoms with Crippen molar-refractivity contribution in [2.45, 2.75) is 25.3 Å². The van der Waals surface area contributed by atoms with Crippen molar-refractivity contribution in [2.75, 3.05) is 13.1 Å². The zero-order chi connectivity index (χ0) is 14.0. The molecule has 1 atom stereocenters. The van der Waals surface area contributed by atoms with E-state index in [1.807, 2.05) is 0 Å². The first-order chi connectivity index (χ1) is 8.97. The van der Waals surface area contributed by atoms with Gasteiger partial charge in [-0.25, -0.2) is 8.78 Å². The maximum Gasteiger partial charge on any atom is 0.227 e. The van der Waals surface area contributed by atoms with Crippen LogP contribution in [0.4, 0.5) is 8.78 Å². The van der Waals surface area contributed by atoms with Crippen molar-refractivity contribution in [2.24, 2.45) is 5.73 Å². The minimum Gasteiger partial charge on any atom is -0.341 e. The maximum absolute atomic E-state index is 13.6. The predicted molar refractivity (Wildman–Crippen MR) is 71.6 cm³/mol. The van der Waals surface area contributed by atoms with Crippen LogP contribution in [0.2, 0.25) is 0 Å². The Kier molecular flexibility index (Phi) is 4.52. The normalized spacial score (nSPS) is 19.6. The number of benzene rings is 1. The van der Waals surface area contributed by atoms with Gasteiger partial charge in [-0.05, 0) is 40.9 Å². The van der Waals surface area contributed by atoms with Gasteiger partial charge in [-0.1, -0.05) is 0 Å². The highest BCUT2D eigenvalue weighted by atomic mass is 79.9. The largest absolute Gasteiger partial charge is 0.341 e. The Morgan fingerprint density at radius 2 is 2.16 bits per heavy atom. The second-order valence-electron chi connectivity index (χ2n) is 4.78. The van der Waals surface area contributed by atoms with E-state index >= 15 is 0 Å². The third-order valence-electron chi connectivity index (χ3n) is 3.24. The lowest BCUT2D eigenvalue weighted by Gasteiger charge is -2.30. The van der Waals surface area contributed by atoms with Gasteiger partial charge in [-0.15, -0.1) is 0 Å². The van der Waals surface area contributed by atoms with Crippen molar-refractivity contribution in [1.29, 1.82) is 0 Å². The van der Waals surface area contributed by atoms with E-state index in [9.17, 15) is 13.6 Å². The number of hydrogen-bond donors (Lipinski definition) is 1. The van der Waals surface area contributed by atoms with E-state index in [1.54, 1.807) is 4.90 Å². The van der Waals surface area contributed by atoms with Gasteiger partial charge < -0.3 is 10.6 Å². The smallest absolute Gasteiger partial charge is 0.227 e. The summed E-state index contributed by atoms with van der Waals surface area (Å²) >= 11 is 2.90. The van der Waals surface area contributed by atoms with Gasteiger partial charge in [0.25, 0.3) is 0 Å². The molecule has 2 rings (SSSR count). The summed E-state index contributed by atoms with van der Waals surface area (Å²) in [7, 11) is 0. The second-order valence-corrected chi connectivity index (χ2v) is 5.63. The molecule has 3 nitrogen and oxygen atoms in total. The van der Waals surface area contributed by atoms with Crippen molar-refractivity contribution >= 4 is 21.8 Å². The number of likely N-dealkylation sites (tertiary alicyclic amines) is 1. The molecule has 19 heavy (non-hydrogen) atoms. The molecule has 104 valence electrons. The molecule has 1 aromatic rings.